The Kier molecular flexibility index (Phi) is 6.49. The van der Waals surface area contributed by atoms with E-state index in [2.05, 4.69) is 29.1 Å². The van der Waals surface area contributed by atoms with Gasteiger partial charge in [-0.2, -0.15) is 0 Å². The lowest BCUT2D eigenvalue weighted by molar-refractivity contribution is -0.119. The van der Waals surface area contributed by atoms with Gasteiger partial charge in [-0.15, -0.1) is 0 Å². The predicted octanol–water partition coefficient (Wildman–Crippen LogP) is 0.491. The first kappa shape index (κ1) is 17.1. The van der Waals surface area contributed by atoms with Crippen molar-refractivity contribution in [2.45, 2.75) is 32.6 Å². The number of hydrogen-bond donors (Lipinski definition) is 2. The molecule has 2 rings (SSSR count). The highest BCUT2D eigenvalue weighted by Gasteiger charge is 2.24. The second-order valence-electron chi connectivity index (χ2n) is 6.74. The summed E-state index contributed by atoms with van der Waals surface area (Å²) in [6.07, 6.45) is 3.92. The van der Waals surface area contributed by atoms with Crippen LogP contribution in [0.3, 0.4) is 0 Å². The SMILES string of the molecule is CCNC(=NCC1CCN(C)C1)N1CCCC(CC(N)=O)C1. The van der Waals surface area contributed by atoms with Crippen LogP contribution in [0.1, 0.15) is 32.6 Å². The minimum absolute atomic E-state index is 0.192. The van der Waals surface area contributed by atoms with E-state index < -0.39 is 0 Å². The molecule has 3 N–H and O–H groups in total. The lowest BCUT2D eigenvalue weighted by atomic mass is 9.95. The summed E-state index contributed by atoms with van der Waals surface area (Å²) in [5.41, 5.74) is 5.35. The van der Waals surface area contributed by atoms with E-state index in [1.54, 1.807) is 0 Å². The van der Waals surface area contributed by atoms with Crippen molar-refractivity contribution in [2.75, 3.05) is 46.3 Å². The number of aliphatic imine (C=N–C) groups is 1. The van der Waals surface area contributed by atoms with Crippen molar-refractivity contribution in [1.82, 2.24) is 15.1 Å². The van der Waals surface area contributed by atoms with Crippen LogP contribution >= 0.6 is 0 Å². The van der Waals surface area contributed by atoms with Crippen molar-refractivity contribution in [1.29, 1.82) is 0 Å². The van der Waals surface area contributed by atoms with E-state index in [9.17, 15) is 4.79 Å². The molecule has 0 aromatic carbocycles. The summed E-state index contributed by atoms with van der Waals surface area (Å²) in [5, 5.41) is 3.41. The average Bonchev–Trinajstić information content (AvgIpc) is 2.88. The molecule has 2 atom stereocenters. The molecule has 0 radical (unpaired) electrons. The van der Waals surface area contributed by atoms with Crippen LogP contribution in [0.5, 0.6) is 0 Å². The summed E-state index contributed by atoms with van der Waals surface area (Å²) in [6.45, 7) is 8.10. The van der Waals surface area contributed by atoms with Gasteiger partial charge in [0.1, 0.15) is 0 Å². The smallest absolute Gasteiger partial charge is 0.217 e. The zero-order chi connectivity index (χ0) is 15.9. The zero-order valence-corrected chi connectivity index (χ0v) is 14.1. The van der Waals surface area contributed by atoms with Crippen molar-refractivity contribution in [3.63, 3.8) is 0 Å². The maximum Gasteiger partial charge on any atom is 0.217 e. The number of nitrogens with two attached hydrogens (primary N) is 1. The van der Waals surface area contributed by atoms with E-state index in [-0.39, 0.29) is 5.91 Å². The summed E-state index contributed by atoms with van der Waals surface area (Å²) in [5.74, 6) is 1.85. The second kappa shape index (κ2) is 8.36. The third kappa shape index (κ3) is 5.16. The molecule has 6 heteroatoms. The Morgan fingerprint density at radius 3 is 2.73 bits per heavy atom. The Hall–Kier alpha value is -1.30. The Morgan fingerprint density at radius 1 is 1.27 bits per heavy atom. The van der Waals surface area contributed by atoms with Gasteiger partial charge in [-0.3, -0.25) is 9.79 Å². The Balaban J connectivity index is 1.92. The minimum atomic E-state index is -0.192. The summed E-state index contributed by atoms with van der Waals surface area (Å²) in [7, 11) is 2.17. The van der Waals surface area contributed by atoms with Gasteiger partial charge in [0.2, 0.25) is 5.91 Å². The van der Waals surface area contributed by atoms with Crippen LogP contribution in [0, 0.1) is 11.8 Å². The lowest BCUT2D eigenvalue weighted by Crippen LogP contribution is -2.47. The van der Waals surface area contributed by atoms with Gasteiger partial charge in [0.15, 0.2) is 5.96 Å². The summed E-state index contributed by atoms with van der Waals surface area (Å²) < 4.78 is 0. The van der Waals surface area contributed by atoms with Crippen molar-refractivity contribution < 1.29 is 4.79 Å². The molecule has 0 aromatic heterocycles. The first-order chi connectivity index (χ1) is 10.6. The number of guanidine groups is 1. The summed E-state index contributed by atoms with van der Waals surface area (Å²) >= 11 is 0. The minimum Gasteiger partial charge on any atom is -0.370 e. The van der Waals surface area contributed by atoms with Crippen LogP contribution in [0.25, 0.3) is 0 Å². The number of hydrogen-bond acceptors (Lipinski definition) is 3. The third-order valence-corrected chi connectivity index (χ3v) is 4.63. The van der Waals surface area contributed by atoms with E-state index in [1.165, 1.54) is 13.0 Å². The molecule has 0 aliphatic carbocycles. The molecule has 6 nitrogen and oxygen atoms in total. The van der Waals surface area contributed by atoms with Gasteiger partial charge in [-0.25, -0.2) is 0 Å². The first-order valence-electron chi connectivity index (χ1n) is 8.58. The Morgan fingerprint density at radius 2 is 2.09 bits per heavy atom. The number of likely N-dealkylation sites (tertiary alicyclic amines) is 2. The molecule has 2 unspecified atom stereocenters. The van der Waals surface area contributed by atoms with Gasteiger partial charge in [0, 0.05) is 39.1 Å². The van der Waals surface area contributed by atoms with E-state index in [4.69, 9.17) is 10.7 Å². The molecule has 0 aromatic rings. The van der Waals surface area contributed by atoms with Gasteiger partial charge in [0.05, 0.1) is 0 Å². The highest BCUT2D eigenvalue weighted by Crippen LogP contribution is 2.20. The molecule has 2 heterocycles. The van der Waals surface area contributed by atoms with E-state index in [1.807, 2.05) is 0 Å². The fourth-order valence-corrected chi connectivity index (χ4v) is 3.53. The van der Waals surface area contributed by atoms with Crippen LogP contribution in [0.2, 0.25) is 0 Å². The molecule has 0 bridgehead atoms. The molecule has 1 amide bonds. The molecular weight excluding hydrogens is 278 g/mol. The number of primary amides is 1. The molecule has 0 spiro atoms. The fraction of sp³-hybridized carbons (Fsp3) is 0.875. The molecular formula is C16H31N5O. The van der Waals surface area contributed by atoms with Crippen LogP contribution in [-0.4, -0.2) is 68.0 Å². The number of piperidine rings is 1. The molecule has 2 aliphatic heterocycles. The number of carbonyl (C=O) groups is 1. The monoisotopic (exact) mass is 309 g/mol. The largest absolute Gasteiger partial charge is 0.370 e. The highest BCUT2D eigenvalue weighted by molar-refractivity contribution is 5.80. The molecule has 2 saturated heterocycles. The van der Waals surface area contributed by atoms with Gasteiger partial charge in [-0.1, -0.05) is 0 Å². The Bertz CT molecular complexity index is 398. The molecule has 2 fully saturated rings. The fourth-order valence-electron chi connectivity index (χ4n) is 3.53. The number of nitrogens with zero attached hydrogens (tertiary/aromatic N) is 3. The second-order valence-corrected chi connectivity index (χ2v) is 6.74. The van der Waals surface area contributed by atoms with Crippen LogP contribution in [0.4, 0.5) is 0 Å². The van der Waals surface area contributed by atoms with Gasteiger partial charge in [0.25, 0.3) is 0 Å². The number of rotatable bonds is 5. The van der Waals surface area contributed by atoms with Crippen LogP contribution < -0.4 is 11.1 Å². The van der Waals surface area contributed by atoms with Crippen molar-refractivity contribution >= 4 is 11.9 Å². The quantitative estimate of drug-likeness (QED) is 0.573. The molecule has 0 saturated carbocycles. The molecule has 2 aliphatic rings. The summed E-state index contributed by atoms with van der Waals surface area (Å²) in [6, 6.07) is 0. The summed E-state index contributed by atoms with van der Waals surface area (Å²) in [4.78, 5) is 20.7. The number of carbonyl (C=O) groups excluding carboxylic acids is 1. The van der Waals surface area contributed by atoms with Gasteiger partial charge >= 0.3 is 0 Å². The highest BCUT2D eigenvalue weighted by atomic mass is 16.1. The number of amides is 1. The van der Waals surface area contributed by atoms with Crippen molar-refractivity contribution in [3.8, 4) is 0 Å². The van der Waals surface area contributed by atoms with Crippen molar-refractivity contribution in [3.05, 3.63) is 0 Å². The van der Waals surface area contributed by atoms with Crippen molar-refractivity contribution in [2.24, 2.45) is 22.6 Å². The van der Waals surface area contributed by atoms with E-state index in [0.29, 0.717) is 18.3 Å². The van der Waals surface area contributed by atoms with E-state index in [0.717, 1.165) is 51.5 Å². The molecule has 22 heavy (non-hydrogen) atoms. The first-order valence-corrected chi connectivity index (χ1v) is 8.58. The van der Waals surface area contributed by atoms with Crippen LogP contribution in [-0.2, 0) is 4.79 Å². The third-order valence-electron chi connectivity index (χ3n) is 4.63. The zero-order valence-electron chi connectivity index (χ0n) is 14.1. The standard InChI is InChI=1S/C16H31N5O/c1-3-18-16(19-10-14-6-8-20(2)11-14)21-7-4-5-13(12-21)9-15(17)22/h13-14H,3-12H2,1-2H3,(H2,17,22)(H,18,19). The normalized spacial score (nSPS) is 27.2. The average molecular weight is 309 g/mol. The van der Waals surface area contributed by atoms with Gasteiger partial charge < -0.3 is 20.9 Å². The maximum absolute atomic E-state index is 11.2. The number of nitrogens with one attached hydrogen (secondary N) is 1. The molecule has 126 valence electrons. The maximum atomic E-state index is 11.2. The predicted molar refractivity (Wildman–Crippen MR) is 89.7 cm³/mol. The topological polar surface area (TPSA) is 74.0 Å². The van der Waals surface area contributed by atoms with E-state index >= 15 is 0 Å². The van der Waals surface area contributed by atoms with Gasteiger partial charge in [-0.05, 0) is 51.6 Å². The van der Waals surface area contributed by atoms with Crippen LogP contribution in [0.15, 0.2) is 4.99 Å². The lowest BCUT2D eigenvalue weighted by Gasteiger charge is -2.34. The Labute approximate surface area is 134 Å².